The van der Waals surface area contributed by atoms with Crippen molar-refractivity contribution in [3.05, 3.63) is 30.3 Å². The summed E-state index contributed by atoms with van der Waals surface area (Å²) in [6.07, 6.45) is 0.892. The summed E-state index contributed by atoms with van der Waals surface area (Å²) in [5.41, 5.74) is 0. The molecule has 1 atom stereocenters. The highest BCUT2D eigenvalue weighted by Gasteiger charge is 1.99. The van der Waals surface area contributed by atoms with E-state index in [1.165, 1.54) is 0 Å². The SMILES string of the molecule is C[C@@H](C=O)COc1ccccc1. The molecular formula is C10H12O2. The van der Waals surface area contributed by atoms with Crippen LogP contribution >= 0.6 is 0 Å². The van der Waals surface area contributed by atoms with Gasteiger partial charge in [-0.1, -0.05) is 25.1 Å². The number of para-hydroxylation sites is 1. The second kappa shape index (κ2) is 4.54. The summed E-state index contributed by atoms with van der Waals surface area (Å²) in [5.74, 6) is 0.774. The van der Waals surface area contributed by atoms with Crippen LogP contribution in [0.5, 0.6) is 5.75 Å². The topological polar surface area (TPSA) is 26.3 Å². The van der Waals surface area contributed by atoms with Gasteiger partial charge in [0.2, 0.25) is 0 Å². The van der Waals surface area contributed by atoms with E-state index in [9.17, 15) is 4.79 Å². The second-order valence-electron chi connectivity index (χ2n) is 2.74. The van der Waals surface area contributed by atoms with Crippen LogP contribution < -0.4 is 4.74 Å². The first-order chi connectivity index (χ1) is 5.83. The molecular weight excluding hydrogens is 152 g/mol. The van der Waals surface area contributed by atoms with Gasteiger partial charge in [-0.2, -0.15) is 0 Å². The van der Waals surface area contributed by atoms with Crippen LogP contribution in [0.2, 0.25) is 0 Å². The molecule has 0 aliphatic heterocycles. The summed E-state index contributed by atoms with van der Waals surface area (Å²) < 4.78 is 5.33. The Kier molecular flexibility index (Phi) is 3.33. The Morgan fingerprint density at radius 2 is 2.08 bits per heavy atom. The molecule has 0 aliphatic carbocycles. The van der Waals surface area contributed by atoms with Crippen LogP contribution in [0.4, 0.5) is 0 Å². The molecule has 64 valence electrons. The van der Waals surface area contributed by atoms with Crippen molar-refractivity contribution in [3.63, 3.8) is 0 Å². The summed E-state index contributed by atoms with van der Waals surface area (Å²) >= 11 is 0. The minimum absolute atomic E-state index is 0.0368. The molecule has 2 heteroatoms. The summed E-state index contributed by atoms with van der Waals surface area (Å²) in [4.78, 5) is 10.2. The third-order valence-corrected chi connectivity index (χ3v) is 1.49. The summed E-state index contributed by atoms with van der Waals surface area (Å²) in [6, 6.07) is 9.48. The van der Waals surface area contributed by atoms with Gasteiger partial charge in [0.25, 0.3) is 0 Å². The first kappa shape index (κ1) is 8.78. The van der Waals surface area contributed by atoms with Crippen molar-refractivity contribution in [2.75, 3.05) is 6.61 Å². The third-order valence-electron chi connectivity index (χ3n) is 1.49. The van der Waals surface area contributed by atoms with Crippen LogP contribution in [0, 0.1) is 5.92 Å². The smallest absolute Gasteiger partial charge is 0.126 e. The van der Waals surface area contributed by atoms with E-state index in [1.54, 1.807) is 0 Å². The predicted octanol–water partition coefficient (Wildman–Crippen LogP) is 1.90. The maximum atomic E-state index is 10.2. The molecule has 0 bridgehead atoms. The van der Waals surface area contributed by atoms with E-state index in [2.05, 4.69) is 0 Å². The van der Waals surface area contributed by atoms with Crippen molar-refractivity contribution in [3.8, 4) is 5.75 Å². The van der Waals surface area contributed by atoms with Crippen molar-refractivity contribution >= 4 is 6.29 Å². The first-order valence-corrected chi connectivity index (χ1v) is 3.96. The second-order valence-corrected chi connectivity index (χ2v) is 2.74. The molecule has 0 N–H and O–H groups in total. The van der Waals surface area contributed by atoms with Gasteiger partial charge in [-0.25, -0.2) is 0 Å². The van der Waals surface area contributed by atoms with E-state index in [0.29, 0.717) is 6.61 Å². The number of rotatable bonds is 4. The Morgan fingerprint density at radius 1 is 1.42 bits per heavy atom. The first-order valence-electron chi connectivity index (χ1n) is 3.96. The normalized spacial score (nSPS) is 12.1. The fourth-order valence-corrected chi connectivity index (χ4v) is 0.784. The summed E-state index contributed by atoms with van der Waals surface area (Å²) in [5, 5.41) is 0. The van der Waals surface area contributed by atoms with E-state index < -0.39 is 0 Å². The zero-order valence-electron chi connectivity index (χ0n) is 7.07. The molecule has 0 saturated heterocycles. The van der Waals surface area contributed by atoms with Gasteiger partial charge in [0, 0.05) is 5.92 Å². The summed E-state index contributed by atoms with van der Waals surface area (Å²) in [7, 11) is 0. The van der Waals surface area contributed by atoms with Crippen LogP contribution in [0.1, 0.15) is 6.92 Å². The van der Waals surface area contributed by atoms with Crippen molar-refractivity contribution in [1.82, 2.24) is 0 Å². The van der Waals surface area contributed by atoms with Gasteiger partial charge in [0.1, 0.15) is 12.0 Å². The van der Waals surface area contributed by atoms with Gasteiger partial charge in [-0.15, -0.1) is 0 Å². The van der Waals surface area contributed by atoms with E-state index in [-0.39, 0.29) is 5.92 Å². The van der Waals surface area contributed by atoms with Crippen LogP contribution in [0.15, 0.2) is 30.3 Å². The third kappa shape index (κ3) is 2.74. The van der Waals surface area contributed by atoms with Crippen LogP contribution in [0.3, 0.4) is 0 Å². The zero-order valence-corrected chi connectivity index (χ0v) is 7.07. The van der Waals surface area contributed by atoms with Crippen molar-refractivity contribution in [2.24, 2.45) is 5.92 Å². The molecule has 1 aromatic rings. The molecule has 0 amide bonds. The van der Waals surface area contributed by atoms with Crippen LogP contribution in [-0.4, -0.2) is 12.9 Å². The lowest BCUT2D eigenvalue weighted by Crippen LogP contribution is -2.09. The van der Waals surface area contributed by atoms with Gasteiger partial charge >= 0.3 is 0 Å². The Bertz CT molecular complexity index is 231. The lowest BCUT2D eigenvalue weighted by molar-refractivity contribution is -0.111. The van der Waals surface area contributed by atoms with Gasteiger partial charge in [-0.3, -0.25) is 0 Å². The fourth-order valence-electron chi connectivity index (χ4n) is 0.784. The quantitative estimate of drug-likeness (QED) is 0.635. The average molecular weight is 164 g/mol. The Labute approximate surface area is 72.2 Å². The van der Waals surface area contributed by atoms with E-state index >= 15 is 0 Å². The van der Waals surface area contributed by atoms with E-state index in [1.807, 2.05) is 37.3 Å². The molecule has 1 aromatic carbocycles. The molecule has 0 fully saturated rings. The maximum Gasteiger partial charge on any atom is 0.126 e. The van der Waals surface area contributed by atoms with E-state index in [4.69, 9.17) is 4.74 Å². The molecule has 12 heavy (non-hydrogen) atoms. The van der Waals surface area contributed by atoms with Gasteiger partial charge in [0.05, 0.1) is 6.61 Å². The van der Waals surface area contributed by atoms with Gasteiger partial charge in [-0.05, 0) is 12.1 Å². The average Bonchev–Trinajstić information content (AvgIpc) is 2.16. The highest BCUT2D eigenvalue weighted by molar-refractivity contribution is 5.52. The lowest BCUT2D eigenvalue weighted by Gasteiger charge is -2.06. The Morgan fingerprint density at radius 3 is 2.67 bits per heavy atom. The molecule has 0 radical (unpaired) electrons. The zero-order chi connectivity index (χ0) is 8.81. The minimum atomic E-state index is -0.0368. The highest BCUT2D eigenvalue weighted by atomic mass is 16.5. The monoisotopic (exact) mass is 164 g/mol. The van der Waals surface area contributed by atoms with Crippen molar-refractivity contribution in [1.29, 1.82) is 0 Å². The van der Waals surface area contributed by atoms with Crippen molar-refractivity contribution < 1.29 is 9.53 Å². The largest absolute Gasteiger partial charge is 0.493 e. The number of hydrogen-bond acceptors (Lipinski definition) is 2. The predicted molar refractivity (Wildman–Crippen MR) is 47.2 cm³/mol. The molecule has 1 rings (SSSR count). The molecule has 0 unspecified atom stereocenters. The lowest BCUT2D eigenvalue weighted by atomic mass is 10.2. The molecule has 0 aromatic heterocycles. The number of benzene rings is 1. The maximum absolute atomic E-state index is 10.2. The molecule has 0 spiro atoms. The van der Waals surface area contributed by atoms with Crippen molar-refractivity contribution in [2.45, 2.75) is 6.92 Å². The number of carbonyl (C=O) groups is 1. The molecule has 2 nitrogen and oxygen atoms in total. The standard InChI is InChI=1S/C10H12O2/c1-9(7-11)8-12-10-5-3-2-4-6-10/h2-7,9H,8H2,1H3/t9-/m0/s1. The summed E-state index contributed by atoms with van der Waals surface area (Å²) in [6.45, 7) is 2.28. The minimum Gasteiger partial charge on any atom is -0.493 e. The van der Waals surface area contributed by atoms with Gasteiger partial charge in [0.15, 0.2) is 0 Å². The van der Waals surface area contributed by atoms with Crippen LogP contribution in [-0.2, 0) is 4.79 Å². The number of carbonyl (C=O) groups excluding carboxylic acids is 1. The Hall–Kier alpha value is -1.31. The molecule has 0 heterocycles. The van der Waals surface area contributed by atoms with Gasteiger partial charge < -0.3 is 9.53 Å². The fraction of sp³-hybridized carbons (Fsp3) is 0.300. The number of hydrogen-bond donors (Lipinski definition) is 0. The van der Waals surface area contributed by atoms with E-state index in [0.717, 1.165) is 12.0 Å². The number of aldehydes is 1. The molecule has 0 saturated carbocycles. The number of ether oxygens (including phenoxy) is 1. The van der Waals surface area contributed by atoms with Crippen LogP contribution in [0.25, 0.3) is 0 Å². The highest BCUT2D eigenvalue weighted by Crippen LogP contribution is 2.08. The molecule has 0 aliphatic rings. The Balaban J connectivity index is 2.38.